The standard InChI is InChI=1S/C8H11NO4/c1-3-5(2)13-8(11)6-4-12-9-7(6)10/h4-5H,3H2,1-2H3,(H,9,10). The second-order valence-electron chi connectivity index (χ2n) is 2.70. The van der Waals surface area contributed by atoms with Gasteiger partial charge in [0.1, 0.15) is 6.26 Å². The van der Waals surface area contributed by atoms with Crippen LogP contribution in [0.15, 0.2) is 15.6 Å². The molecule has 0 aromatic carbocycles. The Labute approximate surface area is 74.7 Å². The van der Waals surface area contributed by atoms with E-state index < -0.39 is 11.5 Å². The minimum Gasteiger partial charge on any atom is -0.459 e. The number of carbonyl (C=O) groups excluding carboxylic acids is 1. The fourth-order valence-electron chi connectivity index (χ4n) is 0.721. The third kappa shape index (κ3) is 2.21. The van der Waals surface area contributed by atoms with Crippen LogP contribution in [-0.2, 0) is 4.74 Å². The van der Waals surface area contributed by atoms with Gasteiger partial charge in [0.15, 0.2) is 5.56 Å². The van der Waals surface area contributed by atoms with Gasteiger partial charge >= 0.3 is 5.97 Å². The van der Waals surface area contributed by atoms with E-state index in [2.05, 4.69) is 4.52 Å². The third-order valence-corrected chi connectivity index (χ3v) is 1.68. The van der Waals surface area contributed by atoms with Crippen LogP contribution in [-0.4, -0.2) is 17.2 Å². The van der Waals surface area contributed by atoms with Crippen molar-refractivity contribution in [3.8, 4) is 0 Å². The number of hydrogen-bond acceptors (Lipinski definition) is 4. The maximum absolute atomic E-state index is 11.2. The van der Waals surface area contributed by atoms with E-state index in [1.165, 1.54) is 0 Å². The van der Waals surface area contributed by atoms with Gasteiger partial charge in [-0.3, -0.25) is 4.79 Å². The maximum atomic E-state index is 11.2. The summed E-state index contributed by atoms with van der Waals surface area (Å²) in [4.78, 5) is 22.1. The van der Waals surface area contributed by atoms with Crippen LogP contribution in [0.3, 0.4) is 0 Å². The predicted octanol–water partition coefficient (Wildman–Crippen LogP) is 0.923. The Hall–Kier alpha value is -1.52. The molecule has 72 valence electrons. The van der Waals surface area contributed by atoms with Crippen molar-refractivity contribution in [3.63, 3.8) is 0 Å². The molecule has 0 saturated heterocycles. The highest BCUT2D eigenvalue weighted by molar-refractivity contribution is 5.88. The minimum absolute atomic E-state index is 0.0969. The van der Waals surface area contributed by atoms with Crippen molar-refractivity contribution in [2.45, 2.75) is 26.4 Å². The topological polar surface area (TPSA) is 72.3 Å². The lowest BCUT2D eigenvalue weighted by Crippen LogP contribution is -2.19. The van der Waals surface area contributed by atoms with E-state index in [1.807, 2.05) is 12.1 Å². The number of carbonyl (C=O) groups is 1. The molecule has 1 N–H and O–H groups in total. The van der Waals surface area contributed by atoms with Gasteiger partial charge in [0.25, 0.3) is 5.56 Å². The lowest BCUT2D eigenvalue weighted by Gasteiger charge is -2.08. The van der Waals surface area contributed by atoms with Crippen LogP contribution < -0.4 is 5.56 Å². The van der Waals surface area contributed by atoms with E-state index in [9.17, 15) is 9.59 Å². The first-order valence-corrected chi connectivity index (χ1v) is 4.02. The summed E-state index contributed by atoms with van der Waals surface area (Å²) >= 11 is 0. The normalized spacial score (nSPS) is 12.5. The van der Waals surface area contributed by atoms with E-state index in [0.717, 1.165) is 6.26 Å². The smallest absolute Gasteiger partial charge is 0.347 e. The van der Waals surface area contributed by atoms with Crippen LogP contribution in [0.25, 0.3) is 0 Å². The molecular weight excluding hydrogens is 174 g/mol. The molecule has 1 rings (SSSR count). The predicted molar refractivity (Wildman–Crippen MR) is 44.5 cm³/mol. The Morgan fingerprint density at radius 2 is 2.46 bits per heavy atom. The quantitative estimate of drug-likeness (QED) is 0.711. The molecule has 0 aliphatic carbocycles. The molecule has 0 amide bonds. The summed E-state index contributed by atoms with van der Waals surface area (Å²) < 4.78 is 9.35. The summed E-state index contributed by atoms with van der Waals surface area (Å²) in [6.07, 6.45) is 1.57. The maximum Gasteiger partial charge on any atom is 0.347 e. The monoisotopic (exact) mass is 185 g/mol. The molecule has 5 heteroatoms. The number of hydrogen-bond donors (Lipinski definition) is 1. The molecule has 1 atom stereocenters. The highest BCUT2D eigenvalue weighted by Crippen LogP contribution is 2.01. The first-order valence-electron chi connectivity index (χ1n) is 4.02. The fraction of sp³-hybridized carbons (Fsp3) is 0.500. The van der Waals surface area contributed by atoms with Crippen molar-refractivity contribution < 1.29 is 14.1 Å². The van der Waals surface area contributed by atoms with Crippen molar-refractivity contribution in [1.29, 1.82) is 0 Å². The summed E-state index contributed by atoms with van der Waals surface area (Å²) in [5.41, 5.74) is -0.659. The van der Waals surface area contributed by atoms with Crippen molar-refractivity contribution in [1.82, 2.24) is 5.16 Å². The number of H-pyrrole nitrogens is 1. The Morgan fingerprint density at radius 3 is 2.92 bits per heavy atom. The van der Waals surface area contributed by atoms with Gasteiger partial charge in [-0.2, -0.15) is 5.16 Å². The van der Waals surface area contributed by atoms with Gasteiger partial charge in [-0.1, -0.05) is 6.92 Å². The molecule has 0 bridgehead atoms. The lowest BCUT2D eigenvalue weighted by atomic mass is 10.3. The molecule has 0 saturated carbocycles. The van der Waals surface area contributed by atoms with Crippen molar-refractivity contribution in [2.24, 2.45) is 0 Å². The molecule has 1 heterocycles. The van der Waals surface area contributed by atoms with E-state index in [4.69, 9.17) is 4.74 Å². The van der Waals surface area contributed by atoms with E-state index >= 15 is 0 Å². The number of rotatable bonds is 3. The van der Waals surface area contributed by atoms with E-state index in [1.54, 1.807) is 6.92 Å². The second-order valence-corrected chi connectivity index (χ2v) is 2.70. The first kappa shape index (κ1) is 9.57. The molecule has 13 heavy (non-hydrogen) atoms. The van der Waals surface area contributed by atoms with E-state index in [0.29, 0.717) is 6.42 Å². The molecular formula is C8H11NO4. The Balaban J connectivity index is 2.70. The van der Waals surface area contributed by atoms with Crippen LogP contribution in [0, 0.1) is 0 Å². The number of ether oxygens (including phenoxy) is 1. The van der Waals surface area contributed by atoms with Crippen LogP contribution in [0.1, 0.15) is 30.6 Å². The summed E-state index contributed by atoms with van der Waals surface area (Å²) in [5, 5.41) is 2.01. The van der Waals surface area contributed by atoms with Crippen LogP contribution in [0.4, 0.5) is 0 Å². The Bertz CT molecular complexity index is 338. The summed E-state index contributed by atoms with van der Waals surface area (Å²) in [6.45, 7) is 3.64. The van der Waals surface area contributed by atoms with Crippen molar-refractivity contribution >= 4 is 5.97 Å². The largest absolute Gasteiger partial charge is 0.459 e. The first-order chi connectivity index (χ1) is 6.15. The Kier molecular flexibility index (Phi) is 2.89. The molecule has 1 aromatic heterocycles. The zero-order chi connectivity index (χ0) is 9.84. The molecule has 0 radical (unpaired) electrons. The summed E-state index contributed by atoms with van der Waals surface area (Å²) in [7, 11) is 0. The third-order valence-electron chi connectivity index (χ3n) is 1.68. The van der Waals surface area contributed by atoms with Gasteiger partial charge in [0, 0.05) is 0 Å². The van der Waals surface area contributed by atoms with Gasteiger partial charge in [-0.15, -0.1) is 0 Å². The molecule has 0 aliphatic heterocycles. The number of aromatic nitrogens is 1. The van der Waals surface area contributed by atoms with Crippen LogP contribution in [0.5, 0.6) is 0 Å². The zero-order valence-electron chi connectivity index (χ0n) is 7.49. The molecule has 1 unspecified atom stereocenters. The summed E-state index contributed by atoms with van der Waals surface area (Å²) in [5.74, 6) is -0.649. The molecule has 0 fully saturated rings. The number of esters is 1. The Morgan fingerprint density at radius 1 is 1.77 bits per heavy atom. The number of aromatic amines is 1. The highest BCUT2D eigenvalue weighted by Gasteiger charge is 2.16. The lowest BCUT2D eigenvalue weighted by molar-refractivity contribution is 0.0332. The minimum atomic E-state index is -0.649. The molecule has 0 spiro atoms. The van der Waals surface area contributed by atoms with Crippen molar-refractivity contribution in [3.05, 3.63) is 22.2 Å². The van der Waals surface area contributed by atoms with E-state index in [-0.39, 0.29) is 11.7 Å². The van der Waals surface area contributed by atoms with Gasteiger partial charge in [0.2, 0.25) is 0 Å². The zero-order valence-corrected chi connectivity index (χ0v) is 7.49. The SMILES string of the molecule is CCC(C)OC(=O)c1co[nH]c1=O. The summed E-state index contributed by atoms with van der Waals surface area (Å²) in [6, 6.07) is 0. The molecule has 1 aromatic rings. The van der Waals surface area contributed by atoms with Gasteiger partial charge in [-0.25, -0.2) is 4.79 Å². The average Bonchev–Trinajstić information content (AvgIpc) is 2.51. The highest BCUT2D eigenvalue weighted by atomic mass is 16.5. The van der Waals surface area contributed by atoms with Gasteiger partial charge in [-0.05, 0) is 13.3 Å². The van der Waals surface area contributed by atoms with Crippen molar-refractivity contribution in [2.75, 3.05) is 0 Å². The fourth-order valence-corrected chi connectivity index (χ4v) is 0.721. The van der Waals surface area contributed by atoms with Gasteiger partial charge < -0.3 is 9.26 Å². The van der Waals surface area contributed by atoms with Gasteiger partial charge in [0.05, 0.1) is 6.10 Å². The van der Waals surface area contributed by atoms with Crippen LogP contribution >= 0.6 is 0 Å². The average molecular weight is 185 g/mol. The molecule has 0 aliphatic rings. The number of nitrogens with one attached hydrogen (secondary N) is 1. The molecule has 5 nitrogen and oxygen atoms in total. The van der Waals surface area contributed by atoms with Crippen LogP contribution in [0.2, 0.25) is 0 Å². The second kappa shape index (κ2) is 3.93.